The quantitative estimate of drug-likeness (QED) is 0.540. The summed E-state index contributed by atoms with van der Waals surface area (Å²) in [4.78, 5) is 0. The third-order valence-electron chi connectivity index (χ3n) is 4.36. The standard InChI is InChI=1S/C14H16Cl3N3S/c15-9-5-10(16)13(11(17)6-9)19-20-14(21)18-12-4-7-1-2-8(12)3-7/h5-8,12,19H,1-4H2,(H2,18,20,21)/t7-,8-,12+/m1/s1. The highest BCUT2D eigenvalue weighted by Crippen LogP contribution is 2.44. The Kier molecular flexibility index (Phi) is 4.69. The minimum absolute atomic E-state index is 0.447. The molecule has 114 valence electrons. The van der Waals surface area contributed by atoms with Gasteiger partial charge in [-0.05, 0) is 55.4 Å². The van der Waals surface area contributed by atoms with Gasteiger partial charge in [-0.15, -0.1) is 0 Å². The first-order valence-electron chi connectivity index (χ1n) is 7.00. The fraction of sp³-hybridized carbons (Fsp3) is 0.500. The van der Waals surface area contributed by atoms with E-state index in [2.05, 4.69) is 16.2 Å². The number of anilines is 1. The second kappa shape index (κ2) is 6.37. The van der Waals surface area contributed by atoms with Crippen molar-refractivity contribution < 1.29 is 0 Å². The van der Waals surface area contributed by atoms with Crippen LogP contribution in [-0.2, 0) is 0 Å². The van der Waals surface area contributed by atoms with Gasteiger partial charge in [0.25, 0.3) is 0 Å². The lowest BCUT2D eigenvalue weighted by atomic mass is 9.96. The number of halogens is 3. The maximum absolute atomic E-state index is 6.10. The Morgan fingerprint density at radius 1 is 1.10 bits per heavy atom. The van der Waals surface area contributed by atoms with Gasteiger partial charge in [0.05, 0.1) is 15.7 Å². The summed E-state index contributed by atoms with van der Waals surface area (Å²) in [6.07, 6.45) is 5.24. The predicted molar refractivity (Wildman–Crippen MR) is 93.2 cm³/mol. The largest absolute Gasteiger partial charge is 0.358 e. The van der Waals surface area contributed by atoms with Crippen LogP contribution in [0.15, 0.2) is 12.1 Å². The molecule has 1 aromatic rings. The van der Waals surface area contributed by atoms with Crippen LogP contribution in [0.1, 0.15) is 25.7 Å². The van der Waals surface area contributed by atoms with Gasteiger partial charge in [-0.2, -0.15) is 0 Å². The van der Waals surface area contributed by atoms with Crippen molar-refractivity contribution in [3.8, 4) is 0 Å². The first-order valence-corrected chi connectivity index (χ1v) is 8.54. The highest BCUT2D eigenvalue weighted by Gasteiger charge is 2.39. The molecule has 0 saturated heterocycles. The number of benzene rings is 1. The van der Waals surface area contributed by atoms with E-state index in [9.17, 15) is 0 Å². The Morgan fingerprint density at radius 2 is 1.81 bits per heavy atom. The van der Waals surface area contributed by atoms with Crippen molar-refractivity contribution in [2.24, 2.45) is 11.8 Å². The van der Waals surface area contributed by atoms with Crippen molar-refractivity contribution >= 4 is 57.8 Å². The van der Waals surface area contributed by atoms with E-state index in [1.54, 1.807) is 12.1 Å². The molecule has 0 heterocycles. The average Bonchev–Trinajstić information content (AvgIpc) is 2.99. The molecule has 2 fully saturated rings. The summed E-state index contributed by atoms with van der Waals surface area (Å²) in [5.41, 5.74) is 6.46. The molecule has 3 N–H and O–H groups in total. The van der Waals surface area contributed by atoms with E-state index in [1.165, 1.54) is 25.7 Å². The summed E-state index contributed by atoms with van der Waals surface area (Å²) in [5, 5.41) is 5.33. The number of hydrazine groups is 1. The Balaban J connectivity index is 1.54. The summed E-state index contributed by atoms with van der Waals surface area (Å²) in [6.45, 7) is 0. The van der Waals surface area contributed by atoms with E-state index >= 15 is 0 Å². The molecule has 2 aliphatic rings. The molecule has 0 aliphatic heterocycles. The van der Waals surface area contributed by atoms with Gasteiger partial charge >= 0.3 is 0 Å². The zero-order valence-electron chi connectivity index (χ0n) is 11.3. The van der Waals surface area contributed by atoms with Gasteiger partial charge in [-0.3, -0.25) is 10.9 Å². The zero-order valence-corrected chi connectivity index (χ0v) is 14.3. The van der Waals surface area contributed by atoms with Gasteiger partial charge < -0.3 is 5.32 Å². The van der Waals surface area contributed by atoms with Crippen molar-refractivity contribution in [1.82, 2.24) is 10.7 Å². The van der Waals surface area contributed by atoms with Crippen molar-refractivity contribution in [2.75, 3.05) is 5.43 Å². The number of nitrogens with one attached hydrogen (secondary N) is 3. The van der Waals surface area contributed by atoms with E-state index < -0.39 is 0 Å². The minimum atomic E-state index is 0.447. The summed E-state index contributed by atoms with van der Waals surface area (Å²) in [6, 6.07) is 3.75. The van der Waals surface area contributed by atoms with E-state index in [4.69, 9.17) is 47.0 Å². The van der Waals surface area contributed by atoms with Gasteiger partial charge in [0.15, 0.2) is 5.11 Å². The highest BCUT2D eigenvalue weighted by atomic mass is 35.5. The number of hydrogen-bond donors (Lipinski definition) is 3. The normalized spacial score (nSPS) is 26.7. The van der Waals surface area contributed by atoms with Crippen LogP contribution in [0.3, 0.4) is 0 Å². The van der Waals surface area contributed by atoms with Gasteiger partial charge in [0.2, 0.25) is 0 Å². The molecule has 0 amide bonds. The van der Waals surface area contributed by atoms with Crippen LogP contribution in [0.4, 0.5) is 5.69 Å². The maximum Gasteiger partial charge on any atom is 0.185 e. The molecule has 2 aliphatic carbocycles. The van der Waals surface area contributed by atoms with Crippen LogP contribution < -0.4 is 16.2 Å². The predicted octanol–water partition coefficient (Wildman–Crippen LogP) is 4.63. The molecule has 0 radical (unpaired) electrons. The fourth-order valence-corrected chi connectivity index (χ4v) is 4.52. The number of hydrogen-bond acceptors (Lipinski definition) is 2. The van der Waals surface area contributed by atoms with Crippen LogP contribution in [0.2, 0.25) is 15.1 Å². The van der Waals surface area contributed by atoms with Crippen LogP contribution >= 0.6 is 47.0 Å². The van der Waals surface area contributed by atoms with E-state index in [0.717, 1.165) is 11.8 Å². The van der Waals surface area contributed by atoms with E-state index in [-0.39, 0.29) is 0 Å². The molecule has 7 heteroatoms. The molecule has 2 bridgehead atoms. The Hall–Kier alpha value is -0.420. The zero-order chi connectivity index (χ0) is 15.0. The van der Waals surface area contributed by atoms with Crippen LogP contribution in [0, 0.1) is 11.8 Å². The smallest absolute Gasteiger partial charge is 0.185 e. The lowest BCUT2D eigenvalue weighted by Gasteiger charge is -2.25. The van der Waals surface area contributed by atoms with Crippen molar-refractivity contribution in [1.29, 1.82) is 0 Å². The fourth-order valence-electron chi connectivity index (χ4n) is 3.41. The molecule has 2 saturated carbocycles. The topological polar surface area (TPSA) is 36.1 Å². The van der Waals surface area contributed by atoms with Gasteiger partial charge in [0, 0.05) is 11.1 Å². The number of fused-ring (bicyclic) bond motifs is 2. The Morgan fingerprint density at radius 3 is 2.38 bits per heavy atom. The van der Waals surface area contributed by atoms with Crippen molar-refractivity contribution in [3.63, 3.8) is 0 Å². The second-order valence-corrected chi connectivity index (χ2v) is 7.41. The molecule has 0 aromatic heterocycles. The van der Waals surface area contributed by atoms with Gasteiger partial charge in [0.1, 0.15) is 0 Å². The number of rotatable bonds is 3. The maximum atomic E-state index is 6.10. The van der Waals surface area contributed by atoms with Crippen LogP contribution in [0.5, 0.6) is 0 Å². The summed E-state index contributed by atoms with van der Waals surface area (Å²) in [7, 11) is 0. The summed E-state index contributed by atoms with van der Waals surface area (Å²) in [5.74, 6) is 1.64. The lowest BCUT2D eigenvalue weighted by molar-refractivity contribution is 0.390. The van der Waals surface area contributed by atoms with Gasteiger partial charge in [-0.1, -0.05) is 41.2 Å². The molecule has 3 nitrogen and oxygen atoms in total. The monoisotopic (exact) mass is 363 g/mol. The third kappa shape index (κ3) is 3.50. The SMILES string of the molecule is S=C(NNc1c(Cl)cc(Cl)cc1Cl)N[C@H]1C[C@@H]2CC[C@@H]1C2. The van der Waals surface area contributed by atoms with Crippen LogP contribution in [0.25, 0.3) is 0 Å². The second-order valence-electron chi connectivity index (χ2n) is 5.75. The molecule has 0 unspecified atom stereocenters. The molecule has 1 aromatic carbocycles. The minimum Gasteiger partial charge on any atom is -0.358 e. The van der Waals surface area contributed by atoms with Crippen LogP contribution in [-0.4, -0.2) is 11.2 Å². The molecular formula is C14H16Cl3N3S. The average molecular weight is 365 g/mol. The Bertz CT molecular complexity index is 543. The third-order valence-corrected chi connectivity index (χ3v) is 5.40. The van der Waals surface area contributed by atoms with Crippen molar-refractivity contribution in [3.05, 3.63) is 27.2 Å². The Labute approximate surface area is 144 Å². The highest BCUT2D eigenvalue weighted by molar-refractivity contribution is 7.80. The van der Waals surface area contributed by atoms with Crippen molar-refractivity contribution in [2.45, 2.75) is 31.7 Å². The molecule has 0 spiro atoms. The molecule has 3 rings (SSSR count). The summed E-state index contributed by atoms with van der Waals surface area (Å²) < 4.78 is 0. The van der Waals surface area contributed by atoms with Gasteiger partial charge in [-0.25, -0.2) is 0 Å². The first-order chi connectivity index (χ1) is 10.0. The first kappa shape index (κ1) is 15.5. The molecular weight excluding hydrogens is 349 g/mol. The molecule has 3 atom stereocenters. The van der Waals surface area contributed by atoms with E-state index in [0.29, 0.717) is 31.9 Å². The lowest BCUT2D eigenvalue weighted by Crippen LogP contribution is -2.46. The molecule has 21 heavy (non-hydrogen) atoms. The number of thiocarbonyl (C=S) groups is 1. The van der Waals surface area contributed by atoms with E-state index in [1.807, 2.05) is 0 Å². The summed E-state index contributed by atoms with van der Waals surface area (Å²) >= 11 is 23.4.